The summed E-state index contributed by atoms with van der Waals surface area (Å²) in [6.45, 7) is 7.20. The zero-order valence-electron chi connectivity index (χ0n) is 20.6. The number of ether oxygens (including phenoxy) is 1. The van der Waals surface area contributed by atoms with Gasteiger partial charge in [-0.25, -0.2) is 9.37 Å². The number of hydrogen-bond acceptors (Lipinski definition) is 7. The van der Waals surface area contributed by atoms with Gasteiger partial charge in [-0.1, -0.05) is 11.6 Å². The number of benzene rings is 1. The first-order valence-corrected chi connectivity index (χ1v) is 13.1. The first-order chi connectivity index (χ1) is 17.1. The van der Waals surface area contributed by atoms with Gasteiger partial charge in [0.1, 0.15) is 17.2 Å². The monoisotopic (exact) mass is 479 g/mol. The molecule has 3 aliphatic rings. The Kier molecular flexibility index (Phi) is 6.18. The smallest absolute Gasteiger partial charge is 0.261 e. The van der Waals surface area contributed by atoms with Gasteiger partial charge in [-0.2, -0.15) is 4.98 Å². The molecule has 186 valence electrons. The Balaban J connectivity index is 1.34. The van der Waals surface area contributed by atoms with Gasteiger partial charge in [0.2, 0.25) is 0 Å². The molecule has 2 saturated heterocycles. The summed E-state index contributed by atoms with van der Waals surface area (Å²) in [6, 6.07) is 4.72. The average molecular weight is 480 g/mol. The van der Waals surface area contributed by atoms with Crippen LogP contribution in [0.2, 0.25) is 0 Å². The summed E-state index contributed by atoms with van der Waals surface area (Å²) in [4.78, 5) is 11.7. The van der Waals surface area contributed by atoms with E-state index in [4.69, 9.17) is 14.2 Å². The number of pyridine rings is 1. The molecule has 1 aromatic carbocycles. The van der Waals surface area contributed by atoms with E-state index in [1.165, 1.54) is 12.8 Å². The Morgan fingerprint density at radius 2 is 1.83 bits per heavy atom. The lowest BCUT2D eigenvalue weighted by Gasteiger charge is -2.37. The van der Waals surface area contributed by atoms with Crippen LogP contribution in [0.15, 0.2) is 16.7 Å². The van der Waals surface area contributed by atoms with Crippen LogP contribution in [0, 0.1) is 19.7 Å². The number of hydrogen-bond donors (Lipinski definition) is 1. The third-order valence-corrected chi connectivity index (χ3v) is 8.05. The van der Waals surface area contributed by atoms with Gasteiger partial charge >= 0.3 is 0 Å². The predicted molar refractivity (Wildman–Crippen MR) is 133 cm³/mol. The fourth-order valence-corrected chi connectivity index (χ4v) is 5.81. The molecule has 2 aliphatic heterocycles. The number of piperidine rings is 1. The second-order valence-electron chi connectivity index (χ2n) is 10.5. The number of nitrogens with one attached hydrogen (secondary N) is 1. The average Bonchev–Trinajstić information content (AvgIpc) is 3.25. The zero-order valence-corrected chi connectivity index (χ0v) is 20.6. The van der Waals surface area contributed by atoms with Gasteiger partial charge < -0.3 is 19.5 Å². The topological polar surface area (TPSA) is 76.3 Å². The Bertz CT molecular complexity index is 1210. The molecule has 1 saturated carbocycles. The molecule has 0 spiro atoms. The summed E-state index contributed by atoms with van der Waals surface area (Å²) in [6.07, 6.45) is 7.77. The van der Waals surface area contributed by atoms with E-state index in [2.05, 4.69) is 26.4 Å². The van der Waals surface area contributed by atoms with Crippen LogP contribution in [0.25, 0.3) is 22.4 Å². The number of halogens is 1. The molecule has 0 bridgehead atoms. The maximum absolute atomic E-state index is 15.4. The predicted octanol–water partition coefficient (Wildman–Crippen LogP) is 5.05. The largest absolute Gasteiger partial charge is 0.380 e. The van der Waals surface area contributed by atoms with Crippen molar-refractivity contribution in [2.75, 3.05) is 31.2 Å². The van der Waals surface area contributed by atoms with E-state index in [1.807, 2.05) is 13.8 Å². The van der Waals surface area contributed by atoms with Crippen molar-refractivity contribution in [1.29, 1.82) is 0 Å². The van der Waals surface area contributed by atoms with Crippen molar-refractivity contribution in [2.24, 2.45) is 0 Å². The second-order valence-corrected chi connectivity index (χ2v) is 10.5. The summed E-state index contributed by atoms with van der Waals surface area (Å²) in [7, 11) is 0. The number of nitrogens with zero attached hydrogens (tertiary/aromatic N) is 4. The second kappa shape index (κ2) is 9.47. The first-order valence-electron chi connectivity index (χ1n) is 13.1. The minimum atomic E-state index is -0.240. The van der Waals surface area contributed by atoms with Crippen LogP contribution >= 0.6 is 0 Å². The van der Waals surface area contributed by atoms with E-state index in [0.717, 1.165) is 86.3 Å². The highest BCUT2D eigenvalue weighted by Gasteiger charge is 2.29. The number of anilines is 1. The van der Waals surface area contributed by atoms with Gasteiger partial charge in [-0.05, 0) is 81.5 Å². The lowest BCUT2D eigenvalue weighted by Crippen LogP contribution is -2.48. The van der Waals surface area contributed by atoms with Crippen LogP contribution in [-0.2, 0) is 4.74 Å². The molecule has 1 aliphatic carbocycles. The molecule has 35 heavy (non-hydrogen) atoms. The van der Waals surface area contributed by atoms with Crippen LogP contribution in [0.4, 0.5) is 10.2 Å². The molecule has 3 fully saturated rings. The highest BCUT2D eigenvalue weighted by molar-refractivity contribution is 5.93. The number of aromatic nitrogens is 3. The Hall–Kier alpha value is -2.58. The molecule has 7 nitrogen and oxygen atoms in total. The van der Waals surface area contributed by atoms with Crippen molar-refractivity contribution >= 4 is 16.7 Å². The van der Waals surface area contributed by atoms with E-state index in [0.29, 0.717) is 35.2 Å². The maximum Gasteiger partial charge on any atom is 0.261 e. The molecule has 0 amide bonds. The van der Waals surface area contributed by atoms with Crippen LogP contribution in [0.3, 0.4) is 0 Å². The van der Waals surface area contributed by atoms with Crippen LogP contribution in [0.5, 0.6) is 0 Å². The van der Waals surface area contributed by atoms with Gasteiger partial charge in [-0.3, -0.25) is 0 Å². The Morgan fingerprint density at radius 1 is 1.00 bits per heavy atom. The molecular weight excluding hydrogens is 445 g/mol. The zero-order chi connectivity index (χ0) is 23.9. The third kappa shape index (κ3) is 4.42. The summed E-state index contributed by atoms with van der Waals surface area (Å²) in [5.74, 6) is 1.99. The lowest BCUT2D eigenvalue weighted by atomic mass is 9.79. The minimum absolute atomic E-state index is 0.240. The molecule has 0 radical (unpaired) electrons. The van der Waals surface area contributed by atoms with E-state index in [9.17, 15) is 0 Å². The molecule has 1 N–H and O–H groups in total. The van der Waals surface area contributed by atoms with Crippen LogP contribution < -0.4 is 10.2 Å². The van der Waals surface area contributed by atoms with Crippen molar-refractivity contribution in [2.45, 2.75) is 76.8 Å². The quantitative estimate of drug-likeness (QED) is 0.549. The molecule has 8 heteroatoms. The van der Waals surface area contributed by atoms with Crippen molar-refractivity contribution in [3.8, 4) is 11.5 Å². The fourth-order valence-electron chi connectivity index (χ4n) is 5.81. The van der Waals surface area contributed by atoms with Gasteiger partial charge in [0.25, 0.3) is 5.89 Å². The Morgan fingerprint density at radius 3 is 2.49 bits per heavy atom. The highest BCUT2D eigenvalue weighted by atomic mass is 19.1. The molecular formula is C27H34FN5O2. The number of aryl methyl sites for hydroxylation is 2. The Labute approximate surface area is 205 Å². The van der Waals surface area contributed by atoms with Crippen LogP contribution in [-0.4, -0.2) is 53.5 Å². The van der Waals surface area contributed by atoms with Gasteiger partial charge in [0, 0.05) is 37.2 Å². The molecule has 2 aromatic heterocycles. The van der Waals surface area contributed by atoms with E-state index < -0.39 is 0 Å². The first kappa shape index (κ1) is 22.9. The van der Waals surface area contributed by atoms with Gasteiger partial charge in [-0.15, -0.1) is 0 Å². The maximum atomic E-state index is 15.4. The molecule has 1 atom stereocenters. The molecule has 4 heterocycles. The summed E-state index contributed by atoms with van der Waals surface area (Å²) < 4.78 is 26.7. The fraction of sp³-hybridized carbons (Fsp3) is 0.593. The van der Waals surface area contributed by atoms with Crippen LogP contribution in [0.1, 0.15) is 67.8 Å². The van der Waals surface area contributed by atoms with Crippen molar-refractivity contribution in [1.82, 2.24) is 20.4 Å². The standard InChI is InChI=1S/C27H34FN5O2/c1-16-22-13-19(18-5-3-6-18)14-23(28)25(22)31-26(24(16)27-29-17(2)32-35-27)33-10-8-20(9-11-33)30-21-7-4-12-34-15-21/h13-14,18,20-21,30H,3-12,15H2,1-2H3/t21-/m1/s1. The molecule has 3 aromatic rings. The number of fused-ring (bicyclic) bond motifs is 1. The van der Waals surface area contributed by atoms with Crippen molar-refractivity contribution in [3.63, 3.8) is 0 Å². The molecule has 6 rings (SSSR count). The summed E-state index contributed by atoms with van der Waals surface area (Å²) >= 11 is 0. The minimum Gasteiger partial charge on any atom is -0.380 e. The summed E-state index contributed by atoms with van der Waals surface area (Å²) in [5, 5.41) is 8.66. The third-order valence-electron chi connectivity index (χ3n) is 8.05. The summed E-state index contributed by atoms with van der Waals surface area (Å²) in [5.41, 5.74) is 3.29. The normalized spacial score (nSPS) is 22.0. The lowest BCUT2D eigenvalue weighted by molar-refractivity contribution is 0.0650. The SMILES string of the molecule is Cc1noc(-c2c(N3CCC(N[C@@H]4CCCOC4)CC3)nc3c(F)cc(C4CCC4)cc3c2C)n1. The van der Waals surface area contributed by atoms with E-state index in [-0.39, 0.29) is 5.82 Å². The van der Waals surface area contributed by atoms with E-state index in [1.54, 1.807) is 6.07 Å². The van der Waals surface area contributed by atoms with Gasteiger partial charge in [0.15, 0.2) is 5.82 Å². The van der Waals surface area contributed by atoms with Crippen molar-refractivity contribution < 1.29 is 13.7 Å². The molecule has 0 unspecified atom stereocenters. The number of rotatable bonds is 5. The van der Waals surface area contributed by atoms with Gasteiger partial charge in [0.05, 0.1) is 12.2 Å². The van der Waals surface area contributed by atoms with Crippen molar-refractivity contribution in [3.05, 3.63) is 34.9 Å². The highest BCUT2D eigenvalue weighted by Crippen LogP contribution is 2.41. The van der Waals surface area contributed by atoms with E-state index >= 15 is 4.39 Å².